The summed E-state index contributed by atoms with van der Waals surface area (Å²) in [5, 5.41) is 2.84. The molecule has 0 aliphatic carbocycles. The highest BCUT2D eigenvalue weighted by molar-refractivity contribution is 5.88. The van der Waals surface area contributed by atoms with Gasteiger partial charge in [0, 0.05) is 13.6 Å². The molecule has 1 atom stereocenters. The molecule has 2 aromatic carbocycles. The summed E-state index contributed by atoms with van der Waals surface area (Å²) < 4.78 is 18.8. The number of hydrogen-bond donors (Lipinski definition) is 1. The van der Waals surface area contributed by atoms with Crippen LogP contribution in [0.25, 0.3) is 0 Å². The lowest BCUT2D eigenvalue weighted by molar-refractivity contribution is -0.136. The lowest BCUT2D eigenvalue weighted by Crippen LogP contribution is -2.50. The Morgan fingerprint density at radius 1 is 1.11 bits per heavy atom. The highest BCUT2D eigenvalue weighted by Crippen LogP contribution is 2.19. The van der Waals surface area contributed by atoms with Crippen molar-refractivity contribution in [1.29, 1.82) is 0 Å². The van der Waals surface area contributed by atoms with Crippen LogP contribution in [0.1, 0.15) is 25.0 Å². The van der Waals surface area contributed by atoms with E-state index in [4.69, 9.17) is 4.74 Å². The van der Waals surface area contributed by atoms with E-state index < -0.39 is 11.9 Å². The third-order valence-corrected chi connectivity index (χ3v) is 4.47. The lowest BCUT2D eigenvalue weighted by atomic mass is 10.0. The van der Waals surface area contributed by atoms with Crippen molar-refractivity contribution < 1.29 is 18.7 Å². The van der Waals surface area contributed by atoms with Gasteiger partial charge in [-0.15, -0.1) is 0 Å². The Bertz CT molecular complexity index is 809. The van der Waals surface area contributed by atoms with Crippen LogP contribution in [-0.4, -0.2) is 36.9 Å². The largest absolute Gasteiger partial charge is 0.494 e. The van der Waals surface area contributed by atoms with Gasteiger partial charge >= 0.3 is 0 Å². The molecule has 0 saturated heterocycles. The van der Waals surface area contributed by atoms with E-state index in [1.54, 1.807) is 13.1 Å². The highest BCUT2D eigenvalue weighted by atomic mass is 19.1. The maximum Gasteiger partial charge on any atom is 0.245 e. The average Bonchev–Trinajstić information content (AvgIpc) is 2.66. The predicted molar refractivity (Wildman–Crippen MR) is 106 cm³/mol. The van der Waals surface area contributed by atoms with E-state index >= 15 is 0 Å². The zero-order valence-corrected chi connectivity index (χ0v) is 16.7. The molecular formula is C22H27FN2O3. The minimum absolute atomic E-state index is 0.0812. The van der Waals surface area contributed by atoms with Crippen LogP contribution in [0.15, 0.2) is 48.5 Å². The summed E-state index contributed by atoms with van der Waals surface area (Å²) in [5.74, 6) is -0.819. The molecule has 0 fully saturated rings. The van der Waals surface area contributed by atoms with Gasteiger partial charge in [-0.2, -0.15) is 0 Å². The fraction of sp³-hybridized carbons (Fsp3) is 0.364. The number of rotatable bonds is 8. The van der Waals surface area contributed by atoms with Crippen molar-refractivity contribution in [2.45, 2.75) is 32.9 Å². The Morgan fingerprint density at radius 2 is 1.79 bits per heavy atom. The molecule has 0 bridgehead atoms. The molecule has 2 amide bonds. The van der Waals surface area contributed by atoms with Crippen LogP contribution >= 0.6 is 0 Å². The number of carbonyl (C=O) groups is 2. The molecule has 6 heteroatoms. The van der Waals surface area contributed by atoms with Crippen molar-refractivity contribution >= 4 is 11.8 Å². The highest BCUT2D eigenvalue weighted by Gasteiger charge is 2.27. The molecule has 0 spiro atoms. The van der Waals surface area contributed by atoms with Gasteiger partial charge in [0.2, 0.25) is 11.8 Å². The van der Waals surface area contributed by atoms with Crippen LogP contribution in [-0.2, 0) is 22.6 Å². The smallest absolute Gasteiger partial charge is 0.245 e. The Labute approximate surface area is 165 Å². The molecule has 0 aromatic heterocycles. The van der Waals surface area contributed by atoms with Gasteiger partial charge in [-0.25, -0.2) is 4.39 Å². The first-order chi connectivity index (χ1) is 13.3. The summed E-state index contributed by atoms with van der Waals surface area (Å²) in [6.07, 6.45) is 0.213. The third-order valence-electron chi connectivity index (χ3n) is 4.47. The van der Waals surface area contributed by atoms with E-state index in [0.29, 0.717) is 5.56 Å². The first kappa shape index (κ1) is 21.4. The van der Waals surface area contributed by atoms with E-state index in [2.05, 4.69) is 5.32 Å². The van der Waals surface area contributed by atoms with Crippen molar-refractivity contribution in [2.24, 2.45) is 5.92 Å². The van der Waals surface area contributed by atoms with Gasteiger partial charge < -0.3 is 15.0 Å². The molecule has 2 rings (SSSR count). The Hall–Kier alpha value is -2.89. The monoisotopic (exact) mass is 386 g/mol. The van der Waals surface area contributed by atoms with Gasteiger partial charge in [0.1, 0.15) is 6.04 Å². The molecule has 2 aromatic rings. The normalized spacial score (nSPS) is 11.8. The summed E-state index contributed by atoms with van der Waals surface area (Å²) in [5.41, 5.74) is 1.53. The molecule has 0 heterocycles. The zero-order chi connectivity index (χ0) is 20.7. The molecular weight excluding hydrogens is 359 g/mol. The van der Waals surface area contributed by atoms with E-state index in [1.165, 1.54) is 24.1 Å². The van der Waals surface area contributed by atoms with Gasteiger partial charge in [-0.1, -0.05) is 50.2 Å². The Balaban J connectivity index is 2.02. The fourth-order valence-corrected chi connectivity index (χ4v) is 2.92. The van der Waals surface area contributed by atoms with E-state index in [9.17, 15) is 14.0 Å². The summed E-state index contributed by atoms with van der Waals surface area (Å²) >= 11 is 0. The van der Waals surface area contributed by atoms with Gasteiger partial charge in [0.05, 0.1) is 13.5 Å². The number of ether oxygens (including phenoxy) is 1. The molecule has 150 valence electrons. The molecule has 5 nitrogen and oxygen atoms in total. The number of amides is 2. The predicted octanol–water partition coefficient (Wildman–Crippen LogP) is 3.18. The molecule has 0 aliphatic heterocycles. The summed E-state index contributed by atoms with van der Waals surface area (Å²) in [4.78, 5) is 26.8. The second-order valence-electron chi connectivity index (χ2n) is 7.11. The summed E-state index contributed by atoms with van der Waals surface area (Å²) in [6.45, 7) is 4.00. The van der Waals surface area contributed by atoms with Gasteiger partial charge in [-0.05, 0) is 29.2 Å². The number of likely N-dealkylation sites (N-methyl/N-ethyl adjacent to an activating group) is 1. The maximum absolute atomic E-state index is 13.9. The van der Waals surface area contributed by atoms with Crippen molar-refractivity contribution in [3.63, 3.8) is 0 Å². The fourth-order valence-electron chi connectivity index (χ4n) is 2.92. The van der Waals surface area contributed by atoms with Crippen molar-refractivity contribution in [1.82, 2.24) is 10.2 Å². The Kier molecular flexibility index (Phi) is 7.55. The van der Waals surface area contributed by atoms with E-state index in [0.717, 1.165) is 5.56 Å². The quantitative estimate of drug-likeness (QED) is 0.758. The van der Waals surface area contributed by atoms with Gasteiger partial charge in [0.15, 0.2) is 11.6 Å². The molecule has 0 aliphatic rings. The lowest BCUT2D eigenvalue weighted by Gasteiger charge is -2.27. The number of benzene rings is 2. The van der Waals surface area contributed by atoms with Crippen LogP contribution in [0.3, 0.4) is 0 Å². The number of nitrogens with one attached hydrogen (secondary N) is 1. The van der Waals surface area contributed by atoms with Gasteiger partial charge in [0.25, 0.3) is 0 Å². The third kappa shape index (κ3) is 5.81. The SMILES string of the molecule is COc1ccc(CN(C)C(=O)[C@H](NC(=O)Cc2ccccc2)C(C)C)cc1F. The topological polar surface area (TPSA) is 58.6 Å². The number of halogens is 1. The van der Waals surface area contributed by atoms with Crippen molar-refractivity contribution in [2.75, 3.05) is 14.2 Å². The van der Waals surface area contributed by atoms with Crippen molar-refractivity contribution in [3.8, 4) is 5.75 Å². The van der Waals surface area contributed by atoms with Crippen LogP contribution in [0, 0.1) is 11.7 Å². The zero-order valence-electron chi connectivity index (χ0n) is 16.7. The molecule has 1 N–H and O–H groups in total. The number of carbonyl (C=O) groups excluding carboxylic acids is 2. The summed E-state index contributed by atoms with van der Waals surface area (Å²) in [7, 11) is 3.04. The van der Waals surface area contributed by atoms with E-state index in [-0.39, 0.29) is 36.4 Å². The van der Waals surface area contributed by atoms with Crippen LogP contribution in [0.5, 0.6) is 5.75 Å². The second kappa shape index (κ2) is 9.88. The minimum Gasteiger partial charge on any atom is -0.494 e. The summed E-state index contributed by atoms with van der Waals surface area (Å²) in [6, 6.07) is 13.3. The van der Waals surface area contributed by atoms with Crippen LogP contribution in [0.2, 0.25) is 0 Å². The van der Waals surface area contributed by atoms with Crippen molar-refractivity contribution in [3.05, 3.63) is 65.5 Å². The second-order valence-corrected chi connectivity index (χ2v) is 7.11. The van der Waals surface area contributed by atoms with Gasteiger partial charge in [-0.3, -0.25) is 9.59 Å². The van der Waals surface area contributed by atoms with Crippen LogP contribution in [0.4, 0.5) is 4.39 Å². The molecule has 0 saturated carbocycles. The number of methoxy groups -OCH3 is 1. The number of hydrogen-bond acceptors (Lipinski definition) is 3. The first-order valence-electron chi connectivity index (χ1n) is 9.22. The first-order valence-corrected chi connectivity index (χ1v) is 9.22. The maximum atomic E-state index is 13.9. The molecule has 0 radical (unpaired) electrons. The standard InChI is InChI=1S/C22H27FN2O3/c1-15(2)21(24-20(26)13-16-8-6-5-7-9-16)22(27)25(3)14-17-10-11-19(28-4)18(23)12-17/h5-12,15,21H,13-14H2,1-4H3,(H,24,26)/t21-/m1/s1. The number of nitrogens with zero attached hydrogens (tertiary/aromatic N) is 1. The van der Waals surface area contributed by atoms with E-state index in [1.807, 2.05) is 44.2 Å². The molecule has 0 unspecified atom stereocenters. The minimum atomic E-state index is -0.649. The Morgan fingerprint density at radius 3 is 2.36 bits per heavy atom. The molecule has 28 heavy (non-hydrogen) atoms. The average molecular weight is 386 g/mol. The van der Waals surface area contributed by atoms with Crippen LogP contribution < -0.4 is 10.1 Å².